The Morgan fingerprint density at radius 2 is 1.88 bits per heavy atom. The summed E-state index contributed by atoms with van der Waals surface area (Å²) < 4.78 is 13.1. The van der Waals surface area contributed by atoms with Crippen molar-refractivity contribution >= 4 is 34.8 Å². The minimum Gasteiger partial charge on any atom is -0.207 e. The molecular formula is C12H14Cl3F. The molecule has 0 radical (unpaired) electrons. The summed E-state index contributed by atoms with van der Waals surface area (Å²) in [6, 6.07) is 4.36. The number of halogens is 4. The molecule has 0 aliphatic rings. The highest BCUT2D eigenvalue weighted by Crippen LogP contribution is 2.33. The fraction of sp³-hybridized carbons (Fsp3) is 0.500. The number of hydrogen-bond donors (Lipinski definition) is 0. The average molecular weight is 284 g/mol. The van der Waals surface area contributed by atoms with E-state index in [2.05, 4.69) is 0 Å². The van der Waals surface area contributed by atoms with Gasteiger partial charge in [0.1, 0.15) is 5.82 Å². The molecule has 1 rings (SSSR count). The summed E-state index contributed by atoms with van der Waals surface area (Å²) in [7, 11) is 0. The van der Waals surface area contributed by atoms with Crippen LogP contribution in [0, 0.1) is 11.2 Å². The van der Waals surface area contributed by atoms with E-state index in [0.717, 1.165) is 12.0 Å². The number of benzene rings is 1. The van der Waals surface area contributed by atoms with Crippen LogP contribution in [-0.2, 0) is 6.42 Å². The third-order valence-corrected chi connectivity index (χ3v) is 4.39. The second kappa shape index (κ2) is 6.09. The molecule has 0 aliphatic heterocycles. The highest BCUT2D eigenvalue weighted by atomic mass is 35.5. The number of rotatable bonds is 5. The van der Waals surface area contributed by atoms with Gasteiger partial charge in [-0.1, -0.05) is 18.5 Å². The van der Waals surface area contributed by atoms with Crippen molar-refractivity contribution in [1.29, 1.82) is 0 Å². The Bertz CT molecular complexity index is 340. The Kier molecular flexibility index (Phi) is 5.36. The van der Waals surface area contributed by atoms with Crippen LogP contribution in [0.5, 0.6) is 0 Å². The second-order valence-electron chi connectivity index (χ2n) is 4.03. The summed E-state index contributed by atoms with van der Waals surface area (Å²) in [6.07, 6.45) is 1.44. The van der Waals surface area contributed by atoms with E-state index in [1.54, 1.807) is 6.07 Å². The normalized spacial score (nSPS) is 11.8. The monoisotopic (exact) mass is 282 g/mol. The molecule has 1 aromatic rings. The summed E-state index contributed by atoms with van der Waals surface area (Å²) in [5, 5.41) is 0.564. The summed E-state index contributed by atoms with van der Waals surface area (Å²) in [6.45, 7) is 2.03. The zero-order valence-electron chi connectivity index (χ0n) is 9.07. The Morgan fingerprint density at radius 3 is 2.38 bits per heavy atom. The molecule has 0 saturated carbocycles. The lowest BCUT2D eigenvalue weighted by molar-refractivity contribution is 0.361. The fourth-order valence-electron chi connectivity index (χ4n) is 1.53. The maximum atomic E-state index is 13.1. The van der Waals surface area contributed by atoms with Gasteiger partial charge >= 0.3 is 0 Å². The van der Waals surface area contributed by atoms with Crippen molar-refractivity contribution in [2.45, 2.75) is 19.8 Å². The molecule has 0 nitrogen and oxygen atoms in total. The molecule has 90 valence electrons. The minimum atomic E-state index is -0.284. The lowest BCUT2D eigenvalue weighted by atomic mass is 9.83. The predicted octanol–water partition coefficient (Wildman–Crippen LogP) is 4.90. The first-order valence-electron chi connectivity index (χ1n) is 5.13. The molecule has 0 heterocycles. The topological polar surface area (TPSA) is 0 Å². The van der Waals surface area contributed by atoms with Crippen LogP contribution in [-0.4, -0.2) is 11.8 Å². The summed E-state index contributed by atoms with van der Waals surface area (Å²) >= 11 is 17.9. The molecule has 1 aromatic carbocycles. The van der Waals surface area contributed by atoms with E-state index in [-0.39, 0.29) is 11.2 Å². The molecule has 0 fully saturated rings. The van der Waals surface area contributed by atoms with Crippen LogP contribution in [0.1, 0.15) is 18.9 Å². The molecule has 0 unspecified atom stereocenters. The second-order valence-corrected chi connectivity index (χ2v) is 4.98. The van der Waals surface area contributed by atoms with Gasteiger partial charge in [-0.3, -0.25) is 0 Å². The van der Waals surface area contributed by atoms with Crippen molar-refractivity contribution in [2.75, 3.05) is 11.8 Å². The van der Waals surface area contributed by atoms with Gasteiger partial charge < -0.3 is 0 Å². The van der Waals surface area contributed by atoms with Crippen molar-refractivity contribution < 1.29 is 4.39 Å². The fourth-order valence-corrected chi connectivity index (χ4v) is 2.56. The molecule has 0 bridgehead atoms. The third-order valence-electron chi connectivity index (χ3n) is 2.89. The zero-order chi connectivity index (χ0) is 12.2. The van der Waals surface area contributed by atoms with Crippen LogP contribution in [0.2, 0.25) is 5.02 Å². The van der Waals surface area contributed by atoms with E-state index in [1.165, 1.54) is 12.1 Å². The maximum absolute atomic E-state index is 13.1. The van der Waals surface area contributed by atoms with Gasteiger partial charge in [-0.25, -0.2) is 4.39 Å². The highest BCUT2D eigenvalue weighted by molar-refractivity contribution is 6.31. The summed E-state index contributed by atoms with van der Waals surface area (Å²) in [5.74, 6) is 0.605. The number of alkyl halides is 2. The van der Waals surface area contributed by atoms with Crippen molar-refractivity contribution in [1.82, 2.24) is 0 Å². The molecule has 4 heteroatoms. The third kappa shape index (κ3) is 3.26. The molecule has 0 saturated heterocycles. The lowest BCUT2D eigenvalue weighted by Crippen LogP contribution is -2.27. The highest BCUT2D eigenvalue weighted by Gasteiger charge is 2.27. The van der Waals surface area contributed by atoms with Gasteiger partial charge in [-0.05, 0) is 36.6 Å². The van der Waals surface area contributed by atoms with Crippen molar-refractivity contribution in [3.8, 4) is 0 Å². The van der Waals surface area contributed by atoms with Crippen molar-refractivity contribution in [3.05, 3.63) is 34.6 Å². The Morgan fingerprint density at radius 1 is 1.25 bits per heavy atom. The Labute approximate surface area is 111 Å². The van der Waals surface area contributed by atoms with Gasteiger partial charge in [-0.15, -0.1) is 23.2 Å². The molecule has 0 N–H and O–H groups in total. The van der Waals surface area contributed by atoms with Gasteiger partial charge in [0.15, 0.2) is 0 Å². The standard InChI is InChI=1S/C12H14Cl3F/c1-2-12(7-13,8-14)6-9-5-10(16)3-4-11(9)15/h3-5H,2,6-8H2,1H3. The largest absolute Gasteiger partial charge is 0.207 e. The van der Waals surface area contributed by atoms with E-state index in [4.69, 9.17) is 34.8 Å². The first kappa shape index (κ1) is 14.1. The van der Waals surface area contributed by atoms with E-state index in [1.807, 2.05) is 6.92 Å². The van der Waals surface area contributed by atoms with Crippen LogP contribution >= 0.6 is 34.8 Å². The van der Waals surface area contributed by atoms with Crippen LogP contribution in [0.4, 0.5) is 4.39 Å². The first-order valence-corrected chi connectivity index (χ1v) is 6.57. The van der Waals surface area contributed by atoms with Crippen LogP contribution < -0.4 is 0 Å². The zero-order valence-corrected chi connectivity index (χ0v) is 11.3. The molecule has 0 atom stereocenters. The molecule has 0 aromatic heterocycles. The maximum Gasteiger partial charge on any atom is 0.123 e. The molecule has 0 spiro atoms. The summed E-state index contributed by atoms with van der Waals surface area (Å²) in [5.41, 5.74) is 0.561. The molecule has 0 amide bonds. The molecule has 16 heavy (non-hydrogen) atoms. The van der Waals surface area contributed by atoms with Crippen LogP contribution in [0.25, 0.3) is 0 Å². The van der Waals surface area contributed by atoms with Crippen LogP contribution in [0.15, 0.2) is 18.2 Å². The van der Waals surface area contributed by atoms with E-state index in [0.29, 0.717) is 23.2 Å². The minimum absolute atomic E-state index is 0.208. The van der Waals surface area contributed by atoms with E-state index < -0.39 is 0 Å². The smallest absolute Gasteiger partial charge is 0.123 e. The van der Waals surface area contributed by atoms with Crippen LogP contribution in [0.3, 0.4) is 0 Å². The Hall–Kier alpha value is 0.0200. The van der Waals surface area contributed by atoms with Gasteiger partial charge in [0, 0.05) is 22.2 Å². The average Bonchev–Trinajstić information content (AvgIpc) is 2.31. The first-order chi connectivity index (χ1) is 7.56. The SMILES string of the molecule is CCC(CCl)(CCl)Cc1cc(F)ccc1Cl. The van der Waals surface area contributed by atoms with Crippen molar-refractivity contribution in [2.24, 2.45) is 5.41 Å². The van der Waals surface area contributed by atoms with E-state index >= 15 is 0 Å². The molecular weight excluding hydrogens is 269 g/mol. The predicted molar refractivity (Wildman–Crippen MR) is 69.3 cm³/mol. The van der Waals surface area contributed by atoms with Gasteiger partial charge in [0.05, 0.1) is 0 Å². The summed E-state index contributed by atoms with van der Waals surface area (Å²) in [4.78, 5) is 0. The lowest BCUT2D eigenvalue weighted by Gasteiger charge is -2.28. The van der Waals surface area contributed by atoms with Crippen molar-refractivity contribution in [3.63, 3.8) is 0 Å². The van der Waals surface area contributed by atoms with E-state index in [9.17, 15) is 4.39 Å². The van der Waals surface area contributed by atoms with Gasteiger partial charge in [-0.2, -0.15) is 0 Å². The quantitative estimate of drug-likeness (QED) is 0.675. The molecule has 0 aliphatic carbocycles. The van der Waals surface area contributed by atoms with Gasteiger partial charge in [0.2, 0.25) is 0 Å². The Balaban J connectivity index is 2.97. The number of hydrogen-bond acceptors (Lipinski definition) is 0. The van der Waals surface area contributed by atoms with Gasteiger partial charge in [0.25, 0.3) is 0 Å².